The van der Waals surface area contributed by atoms with Crippen molar-refractivity contribution < 1.29 is 9.13 Å². The van der Waals surface area contributed by atoms with Crippen molar-refractivity contribution in [3.8, 4) is 5.75 Å². The van der Waals surface area contributed by atoms with E-state index < -0.39 is 0 Å². The van der Waals surface area contributed by atoms with E-state index in [1.165, 1.54) is 29.7 Å². The number of hydrogen-bond donors (Lipinski definition) is 1. The van der Waals surface area contributed by atoms with Crippen molar-refractivity contribution in [2.24, 2.45) is 5.73 Å². The van der Waals surface area contributed by atoms with E-state index in [1.807, 2.05) is 19.1 Å². The number of hydrogen-bond acceptors (Lipinski definition) is 2. The van der Waals surface area contributed by atoms with Crippen LogP contribution in [0.15, 0.2) is 42.5 Å². The summed E-state index contributed by atoms with van der Waals surface area (Å²) in [7, 11) is 0. The molecule has 3 rings (SSSR count). The van der Waals surface area contributed by atoms with Crippen molar-refractivity contribution in [1.82, 2.24) is 0 Å². The highest BCUT2D eigenvalue weighted by Crippen LogP contribution is 2.30. The van der Waals surface area contributed by atoms with Gasteiger partial charge in [0, 0.05) is 6.04 Å². The van der Waals surface area contributed by atoms with Crippen LogP contribution >= 0.6 is 0 Å². The minimum Gasteiger partial charge on any atom is -0.484 e. The summed E-state index contributed by atoms with van der Waals surface area (Å²) in [6, 6.07) is 12.4. The predicted octanol–water partition coefficient (Wildman–Crippen LogP) is 3.78. The molecule has 1 aliphatic carbocycles. The van der Waals surface area contributed by atoms with Gasteiger partial charge in [-0.2, -0.15) is 0 Å². The minimum atomic E-state index is -0.347. The molecule has 2 nitrogen and oxygen atoms in total. The van der Waals surface area contributed by atoms with Gasteiger partial charge in [0.05, 0.1) is 0 Å². The lowest BCUT2D eigenvalue weighted by Gasteiger charge is -2.23. The van der Waals surface area contributed by atoms with Crippen LogP contribution in [-0.2, 0) is 12.8 Å². The van der Waals surface area contributed by atoms with Gasteiger partial charge in [-0.3, -0.25) is 0 Å². The number of aryl methyl sites for hydroxylation is 2. The van der Waals surface area contributed by atoms with Crippen LogP contribution in [0, 0.1) is 5.82 Å². The van der Waals surface area contributed by atoms with Crippen LogP contribution in [0.25, 0.3) is 0 Å². The van der Waals surface area contributed by atoms with Crippen molar-refractivity contribution in [3.05, 3.63) is 65.0 Å². The van der Waals surface area contributed by atoms with Gasteiger partial charge in [0.1, 0.15) is 17.7 Å². The van der Waals surface area contributed by atoms with Gasteiger partial charge in [-0.1, -0.05) is 18.2 Å². The molecule has 2 atom stereocenters. The van der Waals surface area contributed by atoms with Crippen LogP contribution in [0.4, 0.5) is 4.39 Å². The second-order valence-corrected chi connectivity index (χ2v) is 5.74. The molecule has 0 aromatic heterocycles. The Morgan fingerprint density at radius 2 is 1.90 bits per heavy atom. The molecule has 0 saturated heterocycles. The third kappa shape index (κ3) is 3.08. The van der Waals surface area contributed by atoms with E-state index in [0.29, 0.717) is 0 Å². The van der Waals surface area contributed by atoms with Gasteiger partial charge in [0.15, 0.2) is 0 Å². The van der Waals surface area contributed by atoms with Gasteiger partial charge in [0.2, 0.25) is 0 Å². The van der Waals surface area contributed by atoms with Crippen LogP contribution < -0.4 is 10.5 Å². The van der Waals surface area contributed by atoms with Gasteiger partial charge in [-0.15, -0.1) is 0 Å². The second kappa shape index (κ2) is 5.86. The molecule has 110 valence electrons. The molecule has 0 fully saturated rings. The first-order chi connectivity index (χ1) is 10.1. The molecule has 3 heteroatoms. The number of benzene rings is 2. The Bertz CT molecular complexity index is 639. The smallest absolute Gasteiger partial charge is 0.139 e. The van der Waals surface area contributed by atoms with Gasteiger partial charge >= 0.3 is 0 Å². The molecule has 2 aromatic carbocycles. The molecule has 0 saturated carbocycles. The standard InChI is InChI=1S/C18H20FNO/c1-12(20)18(15-6-3-7-16(19)10-15)21-17-9-8-13-4-2-5-14(13)11-17/h3,6-12,18H,2,4-5,20H2,1H3. The van der Waals surface area contributed by atoms with Crippen LogP contribution in [0.5, 0.6) is 5.75 Å². The van der Waals surface area contributed by atoms with Gasteiger partial charge < -0.3 is 10.5 Å². The highest BCUT2D eigenvalue weighted by Gasteiger charge is 2.20. The number of rotatable bonds is 4. The summed E-state index contributed by atoms with van der Waals surface area (Å²) < 4.78 is 19.5. The second-order valence-electron chi connectivity index (χ2n) is 5.74. The van der Waals surface area contributed by atoms with Crippen LogP contribution in [-0.4, -0.2) is 6.04 Å². The summed E-state index contributed by atoms with van der Waals surface area (Å²) in [6.45, 7) is 1.88. The first-order valence-electron chi connectivity index (χ1n) is 7.43. The largest absolute Gasteiger partial charge is 0.484 e. The fourth-order valence-electron chi connectivity index (χ4n) is 2.93. The van der Waals surface area contributed by atoms with E-state index in [4.69, 9.17) is 10.5 Å². The molecule has 2 unspecified atom stereocenters. The van der Waals surface area contributed by atoms with E-state index >= 15 is 0 Å². The lowest BCUT2D eigenvalue weighted by Crippen LogP contribution is -2.29. The van der Waals surface area contributed by atoms with E-state index in [9.17, 15) is 4.39 Å². The molecular weight excluding hydrogens is 265 g/mol. The summed E-state index contributed by atoms with van der Waals surface area (Å²) in [4.78, 5) is 0. The van der Waals surface area contributed by atoms with E-state index in [0.717, 1.165) is 24.2 Å². The highest BCUT2D eigenvalue weighted by molar-refractivity contribution is 5.39. The normalized spacial score (nSPS) is 16.3. The maximum atomic E-state index is 13.4. The Morgan fingerprint density at radius 1 is 1.10 bits per heavy atom. The van der Waals surface area contributed by atoms with Gasteiger partial charge in [-0.25, -0.2) is 4.39 Å². The average molecular weight is 285 g/mol. The Morgan fingerprint density at radius 3 is 2.67 bits per heavy atom. The first-order valence-corrected chi connectivity index (χ1v) is 7.43. The lowest BCUT2D eigenvalue weighted by molar-refractivity contribution is 0.180. The monoisotopic (exact) mass is 285 g/mol. The topological polar surface area (TPSA) is 35.2 Å². The summed E-state index contributed by atoms with van der Waals surface area (Å²) in [6.07, 6.45) is 3.12. The van der Waals surface area contributed by atoms with Crippen LogP contribution in [0.2, 0.25) is 0 Å². The van der Waals surface area contributed by atoms with Crippen molar-refractivity contribution in [2.45, 2.75) is 38.3 Å². The third-order valence-corrected chi connectivity index (χ3v) is 3.99. The molecule has 2 aromatic rings. The molecule has 0 heterocycles. The predicted molar refractivity (Wildman–Crippen MR) is 81.9 cm³/mol. The number of fused-ring (bicyclic) bond motifs is 1. The summed E-state index contributed by atoms with van der Waals surface area (Å²) >= 11 is 0. The Kier molecular flexibility index (Phi) is 3.93. The molecule has 21 heavy (non-hydrogen) atoms. The molecule has 2 N–H and O–H groups in total. The number of ether oxygens (including phenoxy) is 1. The maximum absolute atomic E-state index is 13.4. The molecule has 1 aliphatic rings. The minimum absolute atomic E-state index is 0.222. The summed E-state index contributed by atoms with van der Waals surface area (Å²) in [5, 5.41) is 0. The Labute approximate surface area is 124 Å². The SMILES string of the molecule is CC(N)C(Oc1ccc2c(c1)CCC2)c1cccc(F)c1. The summed E-state index contributed by atoms with van der Waals surface area (Å²) in [5.74, 6) is 0.540. The average Bonchev–Trinajstić information content (AvgIpc) is 2.92. The third-order valence-electron chi connectivity index (χ3n) is 3.99. The van der Waals surface area contributed by atoms with Gasteiger partial charge in [-0.05, 0) is 67.1 Å². The fraction of sp³-hybridized carbons (Fsp3) is 0.333. The molecule has 0 spiro atoms. The lowest BCUT2D eigenvalue weighted by atomic mass is 10.0. The number of nitrogens with two attached hydrogens (primary N) is 1. The van der Waals surface area contributed by atoms with Crippen molar-refractivity contribution in [1.29, 1.82) is 0 Å². The zero-order valence-corrected chi connectivity index (χ0v) is 12.2. The van der Waals surface area contributed by atoms with Crippen molar-refractivity contribution in [2.75, 3.05) is 0 Å². The first kappa shape index (κ1) is 14.1. The summed E-state index contributed by atoms with van der Waals surface area (Å²) in [5.41, 5.74) is 9.57. The zero-order chi connectivity index (χ0) is 14.8. The van der Waals surface area contributed by atoms with Crippen molar-refractivity contribution in [3.63, 3.8) is 0 Å². The molecular formula is C18H20FNO. The Balaban J connectivity index is 1.86. The number of halogens is 1. The molecule has 0 bridgehead atoms. The van der Waals surface area contributed by atoms with E-state index in [-0.39, 0.29) is 18.0 Å². The molecule has 0 aliphatic heterocycles. The quantitative estimate of drug-likeness (QED) is 0.927. The van der Waals surface area contributed by atoms with Crippen LogP contribution in [0.1, 0.15) is 36.1 Å². The van der Waals surface area contributed by atoms with Gasteiger partial charge in [0.25, 0.3) is 0 Å². The Hall–Kier alpha value is -1.87. The fourth-order valence-corrected chi connectivity index (χ4v) is 2.93. The van der Waals surface area contributed by atoms with E-state index in [1.54, 1.807) is 6.07 Å². The highest BCUT2D eigenvalue weighted by atomic mass is 19.1. The molecule has 0 amide bonds. The molecule has 0 radical (unpaired) electrons. The zero-order valence-electron chi connectivity index (χ0n) is 12.2. The maximum Gasteiger partial charge on any atom is 0.139 e. The van der Waals surface area contributed by atoms with E-state index in [2.05, 4.69) is 12.1 Å². The van der Waals surface area contributed by atoms with Crippen LogP contribution in [0.3, 0.4) is 0 Å². The van der Waals surface area contributed by atoms with Crippen molar-refractivity contribution >= 4 is 0 Å².